The van der Waals surface area contributed by atoms with E-state index in [1.54, 1.807) is 0 Å². The maximum atomic E-state index is 12.6. The van der Waals surface area contributed by atoms with Crippen LogP contribution in [0.1, 0.15) is 44.1 Å². The number of aryl methyl sites for hydroxylation is 1. The lowest BCUT2D eigenvalue weighted by atomic mass is 9.98. The second-order valence-corrected chi connectivity index (χ2v) is 7.07. The topological polar surface area (TPSA) is 57.8 Å². The van der Waals surface area contributed by atoms with Crippen molar-refractivity contribution in [2.75, 3.05) is 0 Å². The number of imidazole rings is 1. The molecule has 0 radical (unpaired) electrons. The summed E-state index contributed by atoms with van der Waals surface area (Å²) in [7, 11) is 0. The van der Waals surface area contributed by atoms with E-state index in [9.17, 15) is 4.79 Å². The van der Waals surface area contributed by atoms with Crippen LogP contribution in [0.15, 0.2) is 48.5 Å². The Labute approximate surface area is 159 Å². The zero-order valence-electron chi connectivity index (χ0n) is 15.1. The molecule has 2 aromatic carbocycles. The number of halogens is 1. The number of benzene rings is 2. The average Bonchev–Trinajstić information content (AvgIpc) is 3.08. The van der Waals surface area contributed by atoms with Crippen LogP contribution >= 0.6 is 11.6 Å². The molecule has 0 aliphatic rings. The van der Waals surface area contributed by atoms with Gasteiger partial charge >= 0.3 is 0 Å². The van der Waals surface area contributed by atoms with Crippen molar-refractivity contribution >= 4 is 28.5 Å². The third kappa shape index (κ3) is 4.25. The molecule has 0 aliphatic heterocycles. The normalized spacial score (nSPS) is 13.5. The number of nitrogens with one attached hydrogen (secondary N) is 2. The zero-order chi connectivity index (χ0) is 18.5. The highest BCUT2D eigenvalue weighted by Gasteiger charge is 2.23. The minimum Gasteiger partial charge on any atom is -0.346 e. The smallest absolute Gasteiger partial charge is 0.220 e. The van der Waals surface area contributed by atoms with Crippen LogP contribution in [0.2, 0.25) is 5.02 Å². The SMILES string of the molecule is CCC(C)C(NC(=O)CCc1ccccc1Cl)c1nc2ccccc2[nH]1. The molecule has 0 saturated heterocycles. The number of carbonyl (C=O) groups excluding carboxylic acids is 1. The van der Waals surface area contributed by atoms with Gasteiger partial charge in [-0.05, 0) is 36.1 Å². The van der Waals surface area contributed by atoms with Crippen LogP contribution in [-0.2, 0) is 11.2 Å². The first-order chi connectivity index (χ1) is 12.6. The van der Waals surface area contributed by atoms with Gasteiger partial charge in [-0.2, -0.15) is 0 Å². The number of hydrogen-bond donors (Lipinski definition) is 2. The molecule has 0 fully saturated rings. The molecule has 0 saturated carbocycles. The van der Waals surface area contributed by atoms with Gasteiger partial charge in [-0.1, -0.05) is 62.2 Å². The molecule has 136 valence electrons. The summed E-state index contributed by atoms with van der Waals surface area (Å²) in [5.41, 5.74) is 2.90. The van der Waals surface area contributed by atoms with E-state index < -0.39 is 0 Å². The molecule has 3 rings (SSSR count). The average molecular weight is 370 g/mol. The van der Waals surface area contributed by atoms with Gasteiger partial charge in [0.2, 0.25) is 5.91 Å². The Morgan fingerprint density at radius 2 is 1.92 bits per heavy atom. The molecule has 26 heavy (non-hydrogen) atoms. The summed E-state index contributed by atoms with van der Waals surface area (Å²) in [6, 6.07) is 15.4. The van der Waals surface area contributed by atoms with Crippen molar-refractivity contribution in [1.82, 2.24) is 15.3 Å². The number of carbonyl (C=O) groups is 1. The first-order valence-corrected chi connectivity index (χ1v) is 9.43. The molecule has 2 unspecified atom stereocenters. The Morgan fingerprint density at radius 3 is 2.65 bits per heavy atom. The van der Waals surface area contributed by atoms with Crippen molar-refractivity contribution in [2.45, 2.75) is 39.2 Å². The van der Waals surface area contributed by atoms with Crippen LogP contribution in [0.5, 0.6) is 0 Å². The van der Waals surface area contributed by atoms with Gasteiger partial charge in [0.15, 0.2) is 0 Å². The van der Waals surface area contributed by atoms with E-state index in [0.29, 0.717) is 17.9 Å². The number of hydrogen-bond acceptors (Lipinski definition) is 2. The summed E-state index contributed by atoms with van der Waals surface area (Å²) < 4.78 is 0. The van der Waals surface area contributed by atoms with Crippen LogP contribution in [-0.4, -0.2) is 15.9 Å². The highest BCUT2D eigenvalue weighted by atomic mass is 35.5. The number of nitrogens with zero attached hydrogens (tertiary/aromatic N) is 1. The minimum absolute atomic E-state index is 0.00989. The number of para-hydroxylation sites is 2. The summed E-state index contributed by atoms with van der Waals surface area (Å²) in [4.78, 5) is 20.6. The molecule has 5 heteroatoms. The predicted molar refractivity (Wildman–Crippen MR) is 106 cm³/mol. The van der Waals surface area contributed by atoms with Crippen LogP contribution in [0.25, 0.3) is 11.0 Å². The summed E-state index contributed by atoms with van der Waals surface area (Å²) in [5.74, 6) is 1.10. The van der Waals surface area contributed by atoms with Crippen LogP contribution in [0, 0.1) is 5.92 Å². The molecule has 1 aromatic heterocycles. The van der Waals surface area contributed by atoms with Gasteiger partial charge in [-0.3, -0.25) is 4.79 Å². The van der Waals surface area contributed by atoms with E-state index >= 15 is 0 Å². The Hall–Kier alpha value is -2.33. The van der Waals surface area contributed by atoms with E-state index in [2.05, 4.69) is 29.1 Å². The third-order valence-corrected chi connectivity index (χ3v) is 5.18. The summed E-state index contributed by atoms with van der Waals surface area (Å²) in [5, 5.41) is 3.86. The fraction of sp³-hybridized carbons (Fsp3) is 0.333. The van der Waals surface area contributed by atoms with Crippen molar-refractivity contribution in [3.63, 3.8) is 0 Å². The van der Waals surface area contributed by atoms with Gasteiger partial charge in [0.25, 0.3) is 0 Å². The monoisotopic (exact) mass is 369 g/mol. The van der Waals surface area contributed by atoms with E-state index in [1.807, 2.05) is 48.5 Å². The zero-order valence-corrected chi connectivity index (χ0v) is 15.9. The number of aromatic nitrogens is 2. The van der Waals surface area contributed by atoms with E-state index in [4.69, 9.17) is 11.6 Å². The van der Waals surface area contributed by atoms with Crippen molar-refractivity contribution < 1.29 is 4.79 Å². The van der Waals surface area contributed by atoms with E-state index in [1.165, 1.54) is 0 Å². The van der Waals surface area contributed by atoms with Crippen LogP contribution < -0.4 is 5.32 Å². The lowest BCUT2D eigenvalue weighted by Crippen LogP contribution is -2.33. The Kier molecular flexibility index (Phi) is 5.94. The Bertz CT molecular complexity index is 857. The lowest BCUT2D eigenvalue weighted by molar-refractivity contribution is -0.122. The molecule has 3 aromatic rings. The standard InChI is InChI=1S/C21H24ClN3O/c1-3-14(2)20(21-23-17-10-6-7-11-18(17)24-21)25-19(26)13-12-15-8-4-5-9-16(15)22/h4-11,14,20H,3,12-13H2,1-2H3,(H,23,24)(H,25,26). The Balaban J connectivity index is 1.72. The second kappa shape index (κ2) is 8.37. The van der Waals surface area contributed by atoms with Gasteiger partial charge in [-0.15, -0.1) is 0 Å². The van der Waals surface area contributed by atoms with Crippen molar-refractivity contribution in [3.05, 3.63) is 64.9 Å². The molecule has 1 heterocycles. The highest BCUT2D eigenvalue weighted by molar-refractivity contribution is 6.31. The number of amides is 1. The molecule has 2 N–H and O–H groups in total. The van der Waals surface area contributed by atoms with E-state index in [0.717, 1.165) is 28.8 Å². The first-order valence-electron chi connectivity index (χ1n) is 9.06. The number of rotatable bonds is 7. The summed E-state index contributed by atoms with van der Waals surface area (Å²) >= 11 is 6.18. The molecule has 2 atom stereocenters. The molecule has 4 nitrogen and oxygen atoms in total. The van der Waals surface area contributed by atoms with Gasteiger partial charge in [-0.25, -0.2) is 4.98 Å². The fourth-order valence-corrected chi connectivity index (χ4v) is 3.26. The van der Waals surface area contributed by atoms with Gasteiger partial charge in [0.05, 0.1) is 17.1 Å². The molecular weight excluding hydrogens is 346 g/mol. The van der Waals surface area contributed by atoms with Crippen molar-refractivity contribution in [1.29, 1.82) is 0 Å². The molecule has 0 spiro atoms. The van der Waals surface area contributed by atoms with Gasteiger partial charge < -0.3 is 10.3 Å². The van der Waals surface area contributed by atoms with Crippen LogP contribution in [0.3, 0.4) is 0 Å². The van der Waals surface area contributed by atoms with Crippen LogP contribution in [0.4, 0.5) is 0 Å². The summed E-state index contributed by atoms with van der Waals surface area (Å²) in [6.45, 7) is 4.25. The van der Waals surface area contributed by atoms with Crippen molar-refractivity contribution in [2.24, 2.45) is 5.92 Å². The Morgan fingerprint density at radius 1 is 1.19 bits per heavy atom. The number of aromatic amines is 1. The minimum atomic E-state index is -0.133. The maximum Gasteiger partial charge on any atom is 0.220 e. The number of fused-ring (bicyclic) bond motifs is 1. The van der Waals surface area contributed by atoms with E-state index in [-0.39, 0.29) is 17.9 Å². The second-order valence-electron chi connectivity index (χ2n) is 6.66. The van der Waals surface area contributed by atoms with Gasteiger partial charge in [0.1, 0.15) is 5.82 Å². The third-order valence-electron chi connectivity index (χ3n) is 4.81. The lowest BCUT2D eigenvalue weighted by Gasteiger charge is -2.22. The van der Waals surface area contributed by atoms with Gasteiger partial charge in [0, 0.05) is 11.4 Å². The highest BCUT2D eigenvalue weighted by Crippen LogP contribution is 2.25. The molecule has 1 amide bonds. The molecular formula is C21H24ClN3O. The number of H-pyrrole nitrogens is 1. The maximum absolute atomic E-state index is 12.6. The largest absolute Gasteiger partial charge is 0.346 e. The molecule has 0 bridgehead atoms. The molecule has 0 aliphatic carbocycles. The first kappa shape index (κ1) is 18.5. The quantitative estimate of drug-likeness (QED) is 0.612. The summed E-state index contributed by atoms with van der Waals surface area (Å²) in [6.07, 6.45) is 1.97. The fourth-order valence-electron chi connectivity index (χ4n) is 3.03. The predicted octanol–water partition coefficient (Wildman–Crippen LogP) is 5.05. The van der Waals surface area contributed by atoms with Crippen molar-refractivity contribution in [3.8, 4) is 0 Å².